The summed E-state index contributed by atoms with van der Waals surface area (Å²) in [5.74, 6) is -1.50. The highest BCUT2D eigenvalue weighted by atomic mass is 16.6. The molecule has 0 aliphatic carbocycles. The summed E-state index contributed by atoms with van der Waals surface area (Å²) in [5.41, 5.74) is -0.575. The van der Waals surface area contributed by atoms with Gasteiger partial charge in [0.15, 0.2) is 0 Å². The van der Waals surface area contributed by atoms with Gasteiger partial charge in [-0.15, -0.1) is 0 Å². The Morgan fingerprint density at radius 2 is 2.00 bits per heavy atom. The summed E-state index contributed by atoms with van der Waals surface area (Å²) in [5, 5.41) is 14.4. The maximum Gasteiger partial charge on any atom is 0.407 e. The lowest BCUT2D eigenvalue weighted by atomic mass is 10.0. The number of nitrogens with one attached hydrogen (secondary N) is 2. The first kappa shape index (κ1) is 12.8. The minimum Gasteiger partial charge on any atom is -0.481 e. The number of ether oxygens (including phenoxy) is 1. The molecule has 1 saturated heterocycles. The number of alkyl carbamates (subject to hydrolysis) is 1. The summed E-state index contributed by atoms with van der Waals surface area (Å²) >= 11 is 0. The first-order chi connectivity index (χ1) is 7.29. The molecule has 0 unspecified atom stereocenters. The average molecular weight is 230 g/mol. The highest BCUT2D eigenvalue weighted by molar-refractivity contribution is 5.74. The Kier molecular flexibility index (Phi) is 3.74. The fourth-order valence-corrected chi connectivity index (χ4v) is 1.55. The molecule has 1 rings (SSSR count). The fourth-order valence-electron chi connectivity index (χ4n) is 1.55. The van der Waals surface area contributed by atoms with Crippen LogP contribution in [0.25, 0.3) is 0 Å². The van der Waals surface area contributed by atoms with Crippen LogP contribution in [0.2, 0.25) is 0 Å². The lowest BCUT2D eigenvalue weighted by Crippen LogP contribution is -2.45. The van der Waals surface area contributed by atoms with Crippen LogP contribution in [0.1, 0.15) is 20.8 Å². The summed E-state index contributed by atoms with van der Waals surface area (Å²) in [6.45, 7) is 6.10. The van der Waals surface area contributed by atoms with Crippen LogP contribution in [0.4, 0.5) is 4.79 Å². The third-order valence-electron chi connectivity index (χ3n) is 2.23. The molecule has 3 N–H and O–H groups in total. The molecular weight excluding hydrogens is 212 g/mol. The Bertz CT molecular complexity index is 285. The van der Waals surface area contributed by atoms with Crippen molar-refractivity contribution < 1.29 is 19.4 Å². The molecule has 0 aromatic heterocycles. The zero-order chi connectivity index (χ0) is 12.3. The Balaban J connectivity index is 2.47. The van der Waals surface area contributed by atoms with Crippen LogP contribution in [-0.4, -0.2) is 41.9 Å². The number of carbonyl (C=O) groups is 2. The topological polar surface area (TPSA) is 87.7 Å². The van der Waals surface area contributed by atoms with Gasteiger partial charge in [0.25, 0.3) is 0 Å². The summed E-state index contributed by atoms with van der Waals surface area (Å²) in [6, 6.07) is -0.410. The number of carboxylic acid groups (broad SMARTS) is 1. The van der Waals surface area contributed by atoms with E-state index in [0.29, 0.717) is 13.1 Å². The average Bonchev–Trinajstić information content (AvgIpc) is 2.47. The van der Waals surface area contributed by atoms with Crippen LogP contribution < -0.4 is 10.6 Å². The molecule has 0 bridgehead atoms. The van der Waals surface area contributed by atoms with Gasteiger partial charge in [-0.1, -0.05) is 0 Å². The summed E-state index contributed by atoms with van der Waals surface area (Å²) in [6.07, 6.45) is -0.576. The van der Waals surface area contributed by atoms with E-state index in [1.54, 1.807) is 20.8 Å². The van der Waals surface area contributed by atoms with Crippen LogP contribution in [0.5, 0.6) is 0 Å². The van der Waals surface area contributed by atoms with Gasteiger partial charge in [-0.2, -0.15) is 0 Å². The molecule has 6 heteroatoms. The van der Waals surface area contributed by atoms with Crippen molar-refractivity contribution in [3.8, 4) is 0 Å². The molecule has 0 saturated carbocycles. The normalized spacial score (nSPS) is 25.2. The van der Waals surface area contributed by atoms with E-state index in [1.165, 1.54) is 0 Å². The van der Waals surface area contributed by atoms with Gasteiger partial charge in [-0.3, -0.25) is 4.79 Å². The first-order valence-electron chi connectivity index (χ1n) is 5.22. The maximum atomic E-state index is 11.4. The predicted octanol–water partition coefficient (Wildman–Crippen LogP) is 0.184. The molecule has 92 valence electrons. The van der Waals surface area contributed by atoms with Crippen molar-refractivity contribution in [2.24, 2.45) is 5.92 Å². The summed E-state index contributed by atoms with van der Waals surface area (Å²) < 4.78 is 5.06. The van der Waals surface area contributed by atoms with E-state index in [-0.39, 0.29) is 0 Å². The van der Waals surface area contributed by atoms with Crippen molar-refractivity contribution in [2.45, 2.75) is 32.4 Å². The third-order valence-corrected chi connectivity index (χ3v) is 2.23. The van der Waals surface area contributed by atoms with Crippen molar-refractivity contribution in [1.82, 2.24) is 10.6 Å². The van der Waals surface area contributed by atoms with Gasteiger partial charge in [0.05, 0.1) is 12.0 Å². The van der Waals surface area contributed by atoms with Gasteiger partial charge in [0.1, 0.15) is 5.60 Å². The summed E-state index contributed by atoms with van der Waals surface area (Å²) in [4.78, 5) is 22.3. The monoisotopic (exact) mass is 230 g/mol. The first-order valence-corrected chi connectivity index (χ1v) is 5.22. The van der Waals surface area contributed by atoms with Crippen LogP contribution in [-0.2, 0) is 9.53 Å². The highest BCUT2D eigenvalue weighted by Gasteiger charge is 2.34. The smallest absolute Gasteiger partial charge is 0.407 e. The van der Waals surface area contributed by atoms with Crippen LogP contribution in [0, 0.1) is 5.92 Å². The van der Waals surface area contributed by atoms with E-state index >= 15 is 0 Å². The SMILES string of the molecule is CC(C)(C)OC(=O)N[C@@H]1CNC[C@@H]1C(=O)O. The van der Waals surface area contributed by atoms with Gasteiger partial charge >= 0.3 is 12.1 Å². The van der Waals surface area contributed by atoms with E-state index < -0.39 is 29.6 Å². The number of carboxylic acids is 1. The molecule has 1 fully saturated rings. The molecule has 2 atom stereocenters. The molecule has 0 radical (unpaired) electrons. The fraction of sp³-hybridized carbons (Fsp3) is 0.800. The van der Waals surface area contributed by atoms with Gasteiger partial charge in [-0.25, -0.2) is 4.79 Å². The van der Waals surface area contributed by atoms with E-state index in [2.05, 4.69) is 10.6 Å². The second kappa shape index (κ2) is 4.69. The molecule has 0 aromatic rings. The number of amides is 1. The van der Waals surface area contributed by atoms with Gasteiger partial charge < -0.3 is 20.5 Å². The van der Waals surface area contributed by atoms with Gasteiger partial charge in [-0.05, 0) is 20.8 Å². The van der Waals surface area contributed by atoms with E-state index in [1.807, 2.05) is 0 Å². The van der Waals surface area contributed by atoms with Crippen molar-refractivity contribution in [3.05, 3.63) is 0 Å². The molecule has 6 nitrogen and oxygen atoms in total. The molecule has 0 spiro atoms. The van der Waals surface area contributed by atoms with Gasteiger partial charge in [0, 0.05) is 13.1 Å². The van der Waals surface area contributed by atoms with Crippen LogP contribution in [0.3, 0.4) is 0 Å². The molecule has 1 aliphatic rings. The Morgan fingerprint density at radius 3 is 2.50 bits per heavy atom. The van der Waals surface area contributed by atoms with Crippen LogP contribution >= 0.6 is 0 Å². The molecule has 1 heterocycles. The minimum atomic E-state index is -0.911. The summed E-state index contributed by atoms with van der Waals surface area (Å²) in [7, 11) is 0. The zero-order valence-electron chi connectivity index (χ0n) is 9.74. The van der Waals surface area contributed by atoms with Crippen molar-refractivity contribution in [3.63, 3.8) is 0 Å². The van der Waals surface area contributed by atoms with E-state index in [9.17, 15) is 9.59 Å². The van der Waals surface area contributed by atoms with E-state index in [4.69, 9.17) is 9.84 Å². The zero-order valence-corrected chi connectivity index (χ0v) is 9.74. The predicted molar refractivity (Wildman–Crippen MR) is 57.2 cm³/mol. The van der Waals surface area contributed by atoms with Gasteiger partial charge in [0.2, 0.25) is 0 Å². The van der Waals surface area contributed by atoms with E-state index in [0.717, 1.165) is 0 Å². The maximum absolute atomic E-state index is 11.4. The standard InChI is InChI=1S/C10H18N2O4/c1-10(2,3)16-9(15)12-7-5-11-4-6(7)8(13)14/h6-7,11H,4-5H2,1-3H3,(H,12,15)(H,13,14)/t6-,7+/m0/s1. The molecule has 16 heavy (non-hydrogen) atoms. The number of hydrogen-bond donors (Lipinski definition) is 3. The number of rotatable bonds is 2. The Morgan fingerprint density at radius 1 is 1.38 bits per heavy atom. The van der Waals surface area contributed by atoms with Crippen molar-refractivity contribution >= 4 is 12.1 Å². The number of carbonyl (C=O) groups excluding carboxylic acids is 1. The third kappa shape index (κ3) is 3.69. The molecule has 1 aliphatic heterocycles. The largest absolute Gasteiger partial charge is 0.481 e. The second-order valence-electron chi connectivity index (χ2n) is 4.86. The molecular formula is C10H18N2O4. The number of hydrogen-bond acceptors (Lipinski definition) is 4. The van der Waals surface area contributed by atoms with Crippen molar-refractivity contribution in [1.29, 1.82) is 0 Å². The Hall–Kier alpha value is -1.30. The van der Waals surface area contributed by atoms with Crippen LogP contribution in [0.15, 0.2) is 0 Å². The highest BCUT2D eigenvalue weighted by Crippen LogP contribution is 2.11. The lowest BCUT2D eigenvalue weighted by molar-refractivity contribution is -0.141. The quantitative estimate of drug-likeness (QED) is 0.630. The molecule has 1 amide bonds. The number of aliphatic carboxylic acids is 1. The molecule has 0 aromatic carbocycles. The van der Waals surface area contributed by atoms with Crippen molar-refractivity contribution in [2.75, 3.05) is 13.1 Å². The minimum absolute atomic E-state index is 0.371. The Labute approximate surface area is 94.3 Å². The second-order valence-corrected chi connectivity index (χ2v) is 4.86. The lowest BCUT2D eigenvalue weighted by Gasteiger charge is -2.22.